The maximum absolute atomic E-state index is 12.6. The number of likely N-dealkylation sites (tertiary alicyclic amines) is 2. The summed E-state index contributed by atoms with van der Waals surface area (Å²) >= 11 is 0. The first-order valence-electron chi connectivity index (χ1n) is 10.2. The van der Waals surface area contributed by atoms with Crippen molar-refractivity contribution < 1.29 is 14.7 Å². The minimum absolute atomic E-state index is 0.0444. The second kappa shape index (κ2) is 7.50. The molecule has 6 nitrogen and oxygen atoms in total. The Morgan fingerprint density at radius 1 is 0.926 bits per heavy atom. The number of benzene rings is 1. The zero-order valence-corrected chi connectivity index (χ0v) is 15.8. The molecule has 2 heterocycles. The summed E-state index contributed by atoms with van der Waals surface area (Å²) in [6.45, 7) is 2.59. The van der Waals surface area contributed by atoms with Crippen molar-refractivity contribution in [1.29, 1.82) is 0 Å². The highest BCUT2D eigenvalue weighted by atomic mass is 16.3. The molecule has 1 aliphatic carbocycles. The fourth-order valence-corrected chi connectivity index (χ4v) is 4.22. The molecule has 3 aliphatic rings. The van der Waals surface area contributed by atoms with Crippen molar-refractivity contribution in [3.8, 4) is 0 Å². The molecule has 2 N–H and O–H groups in total. The molecule has 1 aromatic carbocycles. The molecule has 3 amide bonds. The van der Waals surface area contributed by atoms with Gasteiger partial charge in [0.25, 0.3) is 0 Å². The fourth-order valence-electron chi connectivity index (χ4n) is 4.22. The van der Waals surface area contributed by atoms with Crippen LogP contribution in [-0.4, -0.2) is 59.1 Å². The van der Waals surface area contributed by atoms with E-state index < -0.39 is 5.60 Å². The molecule has 0 aromatic heterocycles. The molecular weight excluding hydrogens is 342 g/mol. The second-order valence-corrected chi connectivity index (χ2v) is 8.21. The molecule has 0 radical (unpaired) electrons. The van der Waals surface area contributed by atoms with Crippen LogP contribution in [0.1, 0.15) is 44.1 Å². The van der Waals surface area contributed by atoms with E-state index in [-0.39, 0.29) is 18.0 Å². The summed E-state index contributed by atoms with van der Waals surface area (Å²) in [5.41, 5.74) is 0.0878. The maximum Gasteiger partial charge on any atom is 0.317 e. The molecule has 27 heavy (non-hydrogen) atoms. The van der Waals surface area contributed by atoms with Gasteiger partial charge in [-0.3, -0.25) is 4.79 Å². The van der Waals surface area contributed by atoms with Gasteiger partial charge in [0, 0.05) is 38.1 Å². The lowest BCUT2D eigenvalue weighted by atomic mass is 9.84. The quantitative estimate of drug-likeness (QED) is 0.854. The third-order valence-corrected chi connectivity index (χ3v) is 6.25. The van der Waals surface area contributed by atoms with E-state index in [0.29, 0.717) is 31.8 Å². The molecule has 0 atom stereocenters. The van der Waals surface area contributed by atoms with Crippen LogP contribution < -0.4 is 5.32 Å². The number of carbonyl (C=O) groups is 2. The average Bonchev–Trinajstić information content (AvgIpc) is 3.54. The van der Waals surface area contributed by atoms with Gasteiger partial charge in [-0.25, -0.2) is 4.79 Å². The standard InChI is InChI=1S/C21H29N3O3/c25-19(16-6-7-16)23-12-8-18(9-13-23)22-20(26)24-14-10-21(27,11-15-24)17-4-2-1-3-5-17/h1-5,16,18,27H,6-15H2,(H,22,26). The van der Waals surface area contributed by atoms with Crippen molar-refractivity contribution in [2.45, 2.75) is 50.2 Å². The molecule has 0 spiro atoms. The first-order valence-corrected chi connectivity index (χ1v) is 10.2. The highest BCUT2D eigenvalue weighted by Crippen LogP contribution is 2.33. The summed E-state index contributed by atoms with van der Waals surface area (Å²) < 4.78 is 0. The van der Waals surface area contributed by atoms with Crippen molar-refractivity contribution >= 4 is 11.9 Å². The molecule has 4 rings (SSSR count). The molecular formula is C21H29N3O3. The van der Waals surface area contributed by atoms with Crippen LogP contribution in [0.5, 0.6) is 0 Å². The number of urea groups is 1. The molecule has 1 aromatic rings. The highest BCUT2D eigenvalue weighted by Gasteiger charge is 2.37. The third kappa shape index (κ3) is 4.10. The van der Waals surface area contributed by atoms with Gasteiger partial charge in [0.2, 0.25) is 5.91 Å². The van der Waals surface area contributed by atoms with Gasteiger partial charge >= 0.3 is 6.03 Å². The SMILES string of the molecule is O=C(NC1CCN(C(=O)C2CC2)CC1)N1CCC(O)(c2ccccc2)CC1. The van der Waals surface area contributed by atoms with Crippen molar-refractivity contribution in [3.63, 3.8) is 0 Å². The van der Waals surface area contributed by atoms with Crippen LogP contribution in [0.25, 0.3) is 0 Å². The summed E-state index contributed by atoms with van der Waals surface area (Å²) in [6.07, 6.45) is 4.84. The van der Waals surface area contributed by atoms with Gasteiger partial charge in [-0.2, -0.15) is 0 Å². The number of amides is 3. The van der Waals surface area contributed by atoms with Gasteiger partial charge in [0.15, 0.2) is 0 Å². The molecule has 0 bridgehead atoms. The van der Waals surface area contributed by atoms with Crippen molar-refractivity contribution in [2.24, 2.45) is 5.92 Å². The number of rotatable bonds is 3. The number of carbonyl (C=O) groups excluding carboxylic acids is 2. The number of hydrogen-bond donors (Lipinski definition) is 2. The largest absolute Gasteiger partial charge is 0.385 e. The molecule has 0 unspecified atom stereocenters. The molecule has 6 heteroatoms. The van der Waals surface area contributed by atoms with E-state index in [2.05, 4.69) is 5.32 Å². The van der Waals surface area contributed by atoms with Gasteiger partial charge < -0.3 is 20.2 Å². The van der Waals surface area contributed by atoms with Crippen LogP contribution in [0.15, 0.2) is 30.3 Å². The Kier molecular flexibility index (Phi) is 5.08. The number of nitrogens with one attached hydrogen (secondary N) is 1. The lowest BCUT2D eigenvalue weighted by molar-refractivity contribution is -0.133. The summed E-state index contributed by atoms with van der Waals surface area (Å²) in [7, 11) is 0. The van der Waals surface area contributed by atoms with E-state index in [4.69, 9.17) is 0 Å². The normalized spacial score (nSPS) is 23.1. The van der Waals surface area contributed by atoms with Crippen molar-refractivity contribution in [2.75, 3.05) is 26.2 Å². The Morgan fingerprint density at radius 3 is 2.15 bits per heavy atom. The zero-order valence-electron chi connectivity index (χ0n) is 15.8. The van der Waals surface area contributed by atoms with Crippen LogP contribution in [0.2, 0.25) is 0 Å². The van der Waals surface area contributed by atoms with E-state index in [1.54, 1.807) is 4.90 Å². The maximum atomic E-state index is 12.6. The van der Waals surface area contributed by atoms with Gasteiger partial charge in [0.1, 0.15) is 0 Å². The fraction of sp³-hybridized carbons (Fsp3) is 0.619. The molecule has 2 saturated heterocycles. The number of hydrogen-bond acceptors (Lipinski definition) is 3. The van der Waals surface area contributed by atoms with Gasteiger partial charge in [-0.1, -0.05) is 30.3 Å². The average molecular weight is 371 g/mol. The van der Waals surface area contributed by atoms with Gasteiger partial charge in [-0.15, -0.1) is 0 Å². The Balaban J connectivity index is 1.24. The summed E-state index contributed by atoms with van der Waals surface area (Å²) in [5.74, 6) is 0.573. The Hall–Kier alpha value is -2.08. The molecule has 1 saturated carbocycles. The van der Waals surface area contributed by atoms with Crippen LogP contribution in [0.3, 0.4) is 0 Å². The Labute approximate surface area is 160 Å². The lowest BCUT2D eigenvalue weighted by Gasteiger charge is -2.39. The first kappa shape index (κ1) is 18.3. The van der Waals surface area contributed by atoms with Gasteiger partial charge in [-0.05, 0) is 44.1 Å². The molecule has 146 valence electrons. The van der Waals surface area contributed by atoms with Crippen LogP contribution >= 0.6 is 0 Å². The van der Waals surface area contributed by atoms with E-state index in [9.17, 15) is 14.7 Å². The number of nitrogens with zero attached hydrogens (tertiary/aromatic N) is 2. The molecule has 3 fully saturated rings. The van der Waals surface area contributed by atoms with E-state index in [0.717, 1.165) is 44.3 Å². The summed E-state index contributed by atoms with van der Waals surface area (Å²) in [4.78, 5) is 28.5. The topological polar surface area (TPSA) is 72.9 Å². The minimum atomic E-state index is -0.841. The molecule has 2 aliphatic heterocycles. The smallest absolute Gasteiger partial charge is 0.317 e. The predicted octanol–water partition coefficient (Wildman–Crippen LogP) is 2.08. The number of piperidine rings is 2. The summed E-state index contributed by atoms with van der Waals surface area (Å²) in [5, 5.41) is 14.0. The van der Waals surface area contributed by atoms with Crippen LogP contribution in [0, 0.1) is 5.92 Å². The van der Waals surface area contributed by atoms with E-state index >= 15 is 0 Å². The first-order chi connectivity index (χ1) is 13.0. The monoisotopic (exact) mass is 371 g/mol. The number of aliphatic hydroxyl groups is 1. The van der Waals surface area contributed by atoms with Crippen molar-refractivity contribution in [1.82, 2.24) is 15.1 Å². The second-order valence-electron chi connectivity index (χ2n) is 8.21. The van der Waals surface area contributed by atoms with Crippen LogP contribution in [0.4, 0.5) is 4.79 Å². The van der Waals surface area contributed by atoms with Crippen LogP contribution in [-0.2, 0) is 10.4 Å². The Bertz CT molecular complexity index is 673. The highest BCUT2D eigenvalue weighted by molar-refractivity contribution is 5.81. The minimum Gasteiger partial charge on any atom is -0.385 e. The van der Waals surface area contributed by atoms with Crippen molar-refractivity contribution in [3.05, 3.63) is 35.9 Å². The zero-order chi connectivity index (χ0) is 18.9. The third-order valence-electron chi connectivity index (χ3n) is 6.25. The van der Waals surface area contributed by atoms with Gasteiger partial charge in [0.05, 0.1) is 5.60 Å². The Morgan fingerprint density at radius 2 is 1.56 bits per heavy atom. The summed E-state index contributed by atoms with van der Waals surface area (Å²) in [6, 6.07) is 9.81. The van der Waals surface area contributed by atoms with E-state index in [1.165, 1.54) is 0 Å². The lowest BCUT2D eigenvalue weighted by Crippen LogP contribution is -2.53. The van der Waals surface area contributed by atoms with E-state index in [1.807, 2.05) is 35.2 Å². The predicted molar refractivity (Wildman–Crippen MR) is 102 cm³/mol.